The van der Waals surface area contributed by atoms with E-state index in [1.807, 2.05) is 0 Å². The predicted molar refractivity (Wildman–Crippen MR) is 74.7 cm³/mol. The van der Waals surface area contributed by atoms with Crippen LogP contribution in [0.2, 0.25) is 5.02 Å². The first-order chi connectivity index (χ1) is 9.49. The van der Waals surface area contributed by atoms with Gasteiger partial charge in [-0.25, -0.2) is 0 Å². The number of phenolic OH excluding ortho intramolecular Hbond substituents is 1. The van der Waals surface area contributed by atoms with Crippen LogP contribution in [0, 0.1) is 11.8 Å². The van der Waals surface area contributed by atoms with Crippen molar-refractivity contribution >= 4 is 29.2 Å². The Kier molecular flexibility index (Phi) is 4.29. The Morgan fingerprint density at radius 2 is 1.85 bits per heavy atom. The lowest BCUT2D eigenvalue weighted by Gasteiger charge is -2.24. The number of amides is 1. The van der Waals surface area contributed by atoms with Crippen LogP contribution in [-0.4, -0.2) is 22.1 Å². The van der Waals surface area contributed by atoms with E-state index in [1.54, 1.807) is 12.2 Å². The van der Waals surface area contributed by atoms with Crippen molar-refractivity contribution in [1.82, 2.24) is 0 Å². The van der Waals surface area contributed by atoms with Gasteiger partial charge >= 0.3 is 5.97 Å². The van der Waals surface area contributed by atoms with E-state index in [1.165, 1.54) is 18.2 Å². The van der Waals surface area contributed by atoms with Gasteiger partial charge in [0.15, 0.2) is 0 Å². The second-order valence-corrected chi connectivity index (χ2v) is 5.08. The Bertz CT molecular complexity index is 570. The highest BCUT2D eigenvalue weighted by molar-refractivity contribution is 6.31. The molecule has 2 rings (SSSR count). The van der Waals surface area contributed by atoms with Gasteiger partial charge in [-0.1, -0.05) is 23.8 Å². The molecule has 2 atom stereocenters. The molecule has 1 aromatic rings. The topological polar surface area (TPSA) is 86.6 Å². The third kappa shape index (κ3) is 3.11. The highest BCUT2D eigenvalue weighted by atomic mass is 35.5. The van der Waals surface area contributed by atoms with Crippen LogP contribution < -0.4 is 5.32 Å². The van der Waals surface area contributed by atoms with Crippen LogP contribution >= 0.6 is 11.6 Å². The molecule has 0 heterocycles. The third-order valence-corrected chi connectivity index (χ3v) is 3.54. The Morgan fingerprint density at radius 3 is 2.50 bits per heavy atom. The number of nitrogens with one attached hydrogen (secondary N) is 1. The smallest absolute Gasteiger partial charge is 0.307 e. The number of carboxylic acids is 1. The molecule has 1 aromatic carbocycles. The van der Waals surface area contributed by atoms with Gasteiger partial charge in [-0.3, -0.25) is 9.59 Å². The van der Waals surface area contributed by atoms with Crippen LogP contribution in [0.4, 0.5) is 5.69 Å². The molecule has 0 fully saturated rings. The molecule has 106 valence electrons. The SMILES string of the molecule is O=C(O)[C@@H]1CC=CC[C@H]1C(=O)Nc1cc(Cl)ccc1O. The Hall–Kier alpha value is -2.01. The van der Waals surface area contributed by atoms with Crippen molar-refractivity contribution in [3.05, 3.63) is 35.4 Å². The van der Waals surface area contributed by atoms with E-state index in [2.05, 4.69) is 5.32 Å². The number of hydrogen-bond acceptors (Lipinski definition) is 3. The summed E-state index contributed by atoms with van der Waals surface area (Å²) in [6.45, 7) is 0. The molecule has 0 unspecified atom stereocenters. The molecule has 1 amide bonds. The molecule has 3 N–H and O–H groups in total. The van der Waals surface area contributed by atoms with Gasteiger partial charge in [0.05, 0.1) is 17.5 Å². The number of carbonyl (C=O) groups is 2. The molecule has 1 aliphatic carbocycles. The number of aromatic hydroxyl groups is 1. The molecule has 0 saturated carbocycles. The Morgan fingerprint density at radius 1 is 1.20 bits per heavy atom. The minimum Gasteiger partial charge on any atom is -0.506 e. The summed E-state index contributed by atoms with van der Waals surface area (Å²) in [7, 11) is 0. The highest BCUT2D eigenvalue weighted by Crippen LogP contribution is 2.30. The molecule has 0 saturated heterocycles. The number of aliphatic carboxylic acids is 1. The Labute approximate surface area is 120 Å². The molecule has 6 heteroatoms. The maximum absolute atomic E-state index is 12.2. The number of rotatable bonds is 3. The van der Waals surface area contributed by atoms with E-state index in [-0.39, 0.29) is 11.4 Å². The van der Waals surface area contributed by atoms with Crippen molar-refractivity contribution in [3.63, 3.8) is 0 Å². The summed E-state index contributed by atoms with van der Waals surface area (Å²) in [6, 6.07) is 4.28. The first-order valence-corrected chi connectivity index (χ1v) is 6.54. The number of carbonyl (C=O) groups excluding carboxylic acids is 1. The van der Waals surface area contributed by atoms with Gasteiger partial charge in [-0.2, -0.15) is 0 Å². The highest BCUT2D eigenvalue weighted by Gasteiger charge is 2.34. The number of hydrogen-bond donors (Lipinski definition) is 3. The van der Waals surface area contributed by atoms with Crippen molar-refractivity contribution in [2.75, 3.05) is 5.32 Å². The van der Waals surface area contributed by atoms with Crippen LogP contribution in [-0.2, 0) is 9.59 Å². The zero-order chi connectivity index (χ0) is 14.7. The average Bonchev–Trinajstić information content (AvgIpc) is 2.42. The average molecular weight is 296 g/mol. The predicted octanol–water partition coefficient (Wildman–Crippen LogP) is 2.65. The number of benzene rings is 1. The van der Waals surface area contributed by atoms with Crippen molar-refractivity contribution in [2.45, 2.75) is 12.8 Å². The normalized spacial score (nSPS) is 21.4. The van der Waals surface area contributed by atoms with Gasteiger partial charge in [0, 0.05) is 5.02 Å². The molecule has 0 bridgehead atoms. The van der Waals surface area contributed by atoms with Crippen molar-refractivity contribution < 1.29 is 19.8 Å². The Balaban J connectivity index is 2.16. The van der Waals surface area contributed by atoms with E-state index >= 15 is 0 Å². The minimum absolute atomic E-state index is 0.110. The lowest BCUT2D eigenvalue weighted by Crippen LogP contribution is -2.34. The molecular formula is C14H14ClNO4. The summed E-state index contributed by atoms with van der Waals surface area (Å²) >= 11 is 5.80. The van der Waals surface area contributed by atoms with Crippen LogP contribution in [0.25, 0.3) is 0 Å². The van der Waals surface area contributed by atoms with Gasteiger partial charge in [-0.15, -0.1) is 0 Å². The fourth-order valence-electron chi connectivity index (χ4n) is 2.21. The third-order valence-electron chi connectivity index (χ3n) is 3.30. The number of halogens is 1. The molecule has 1 aliphatic rings. The van der Waals surface area contributed by atoms with Gasteiger partial charge in [-0.05, 0) is 31.0 Å². The molecule has 5 nitrogen and oxygen atoms in total. The number of carboxylic acid groups (broad SMARTS) is 1. The first kappa shape index (κ1) is 14.4. The van der Waals surface area contributed by atoms with Crippen molar-refractivity contribution in [2.24, 2.45) is 11.8 Å². The van der Waals surface area contributed by atoms with E-state index < -0.39 is 23.7 Å². The fraction of sp³-hybridized carbons (Fsp3) is 0.286. The van der Waals surface area contributed by atoms with Crippen molar-refractivity contribution in [1.29, 1.82) is 0 Å². The van der Waals surface area contributed by atoms with E-state index in [9.17, 15) is 14.7 Å². The van der Waals surface area contributed by atoms with Crippen LogP contribution in [0.15, 0.2) is 30.4 Å². The molecule has 0 spiro atoms. The zero-order valence-electron chi connectivity index (χ0n) is 10.5. The van der Waals surface area contributed by atoms with Gasteiger partial charge in [0.25, 0.3) is 0 Å². The largest absolute Gasteiger partial charge is 0.506 e. The summed E-state index contributed by atoms with van der Waals surface area (Å²) < 4.78 is 0. The monoisotopic (exact) mass is 295 g/mol. The lowest BCUT2D eigenvalue weighted by molar-refractivity contribution is -0.146. The van der Waals surface area contributed by atoms with Gasteiger partial charge in [0.2, 0.25) is 5.91 Å². The molecule has 0 radical (unpaired) electrons. The summed E-state index contributed by atoms with van der Waals surface area (Å²) in [6.07, 6.45) is 4.25. The lowest BCUT2D eigenvalue weighted by atomic mass is 9.82. The fourth-order valence-corrected chi connectivity index (χ4v) is 2.38. The second-order valence-electron chi connectivity index (χ2n) is 4.64. The standard InChI is InChI=1S/C14H14ClNO4/c15-8-5-6-12(17)11(7-8)16-13(18)9-3-1-2-4-10(9)14(19)20/h1-2,5-7,9-10,17H,3-4H2,(H,16,18)(H,19,20)/t9-,10-/m1/s1. The molecular weight excluding hydrogens is 282 g/mol. The maximum Gasteiger partial charge on any atom is 0.307 e. The van der Waals surface area contributed by atoms with Crippen molar-refractivity contribution in [3.8, 4) is 5.75 Å². The first-order valence-electron chi connectivity index (χ1n) is 6.16. The molecule has 0 aliphatic heterocycles. The second kappa shape index (κ2) is 5.96. The van der Waals surface area contributed by atoms with Crippen LogP contribution in [0.5, 0.6) is 5.75 Å². The molecule has 0 aromatic heterocycles. The summed E-state index contributed by atoms with van der Waals surface area (Å²) in [5.74, 6) is -2.94. The van der Waals surface area contributed by atoms with E-state index in [0.717, 1.165) is 0 Å². The summed E-state index contributed by atoms with van der Waals surface area (Å²) in [4.78, 5) is 23.3. The number of allylic oxidation sites excluding steroid dienone is 2. The minimum atomic E-state index is -0.996. The van der Waals surface area contributed by atoms with Gasteiger partial charge < -0.3 is 15.5 Å². The number of anilines is 1. The molecule has 20 heavy (non-hydrogen) atoms. The quantitative estimate of drug-likeness (QED) is 0.591. The van der Waals surface area contributed by atoms with Gasteiger partial charge in [0.1, 0.15) is 5.75 Å². The van der Waals surface area contributed by atoms with Crippen LogP contribution in [0.3, 0.4) is 0 Å². The van der Waals surface area contributed by atoms with E-state index in [0.29, 0.717) is 17.9 Å². The van der Waals surface area contributed by atoms with E-state index in [4.69, 9.17) is 16.7 Å². The number of phenols is 1. The zero-order valence-corrected chi connectivity index (χ0v) is 11.3. The summed E-state index contributed by atoms with van der Waals surface area (Å²) in [5.41, 5.74) is 0.182. The summed E-state index contributed by atoms with van der Waals surface area (Å²) in [5, 5.41) is 21.7. The van der Waals surface area contributed by atoms with Crippen LogP contribution in [0.1, 0.15) is 12.8 Å². The maximum atomic E-state index is 12.2.